The lowest BCUT2D eigenvalue weighted by atomic mass is 9.98. The average molecular weight is 394 g/mol. The van der Waals surface area contributed by atoms with E-state index in [2.05, 4.69) is 9.88 Å². The molecule has 1 aliphatic rings. The molecule has 28 heavy (non-hydrogen) atoms. The van der Waals surface area contributed by atoms with Crippen LogP contribution >= 0.6 is 0 Å². The molecule has 1 aromatic carbocycles. The molecule has 1 N–H and O–H groups in total. The van der Waals surface area contributed by atoms with Crippen molar-refractivity contribution in [2.45, 2.75) is 33.2 Å². The smallest absolute Gasteiger partial charge is 0.416 e. The number of rotatable bonds is 6. The first-order valence-electron chi connectivity index (χ1n) is 8.83. The Morgan fingerprint density at radius 1 is 1.25 bits per heavy atom. The van der Waals surface area contributed by atoms with Gasteiger partial charge >= 0.3 is 12.1 Å². The summed E-state index contributed by atoms with van der Waals surface area (Å²) >= 11 is 0. The Morgan fingerprint density at radius 2 is 1.89 bits per heavy atom. The molecule has 2 heterocycles. The van der Waals surface area contributed by atoms with Crippen LogP contribution < -0.4 is 4.74 Å². The molecule has 0 amide bonds. The Kier molecular flexibility index (Phi) is 5.60. The van der Waals surface area contributed by atoms with E-state index < -0.39 is 17.7 Å². The number of carboxylic acid groups (broad SMARTS) is 1. The lowest BCUT2D eigenvalue weighted by Gasteiger charge is -2.36. The Labute approximate surface area is 160 Å². The van der Waals surface area contributed by atoms with Gasteiger partial charge in [0, 0.05) is 25.8 Å². The van der Waals surface area contributed by atoms with Gasteiger partial charge in [-0.25, -0.2) is 0 Å². The molecule has 1 aromatic heterocycles. The molecule has 1 fully saturated rings. The van der Waals surface area contributed by atoms with E-state index in [9.17, 15) is 18.0 Å². The average Bonchev–Trinajstić information content (AvgIpc) is 2.56. The van der Waals surface area contributed by atoms with E-state index in [0.717, 1.165) is 35.0 Å². The number of hydrogen-bond acceptors (Lipinski definition) is 4. The molecule has 0 bridgehead atoms. The normalized spacial score (nSPS) is 15.3. The van der Waals surface area contributed by atoms with Crippen LogP contribution in [-0.2, 0) is 24.1 Å². The molecule has 0 spiro atoms. The number of carboxylic acids is 1. The first kappa shape index (κ1) is 20.1. The van der Waals surface area contributed by atoms with Gasteiger partial charge in [-0.05, 0) is 42.7 Å². The van der Waals surface area contributed by atoms with Crippen LogP contribution in [0.1, 0.15) is 27.9 Å². The van der Waals surface area contributed by atoms with Crippen molar-refractivity contribution in [3.8, 4) is 5.75 Å². The first-order valence-corrected chi connectivity index (χ1v) is 8.83. The SMILES string of the molecule is Cc1cc(CN2CC(C(=O)O)C2)cc(C)c1OCc1cc(C(F)(F)F)ccn1. The molecule has 8 heteroatoms. The number of carbonyl (C=O) groups is 1. The number of benzene rings is 1. The molecule has 1 saturated heterocycles. The molecule has 3 rings (SSSR count). The van der Waals surface area contributed by atoms with Gasteiger partial charge in [-0.2, -0.15) is 13.2 Å². The molecule has 5 nitrogen and oxygen atoms in total. The van der Waals surface area contributed by atoms with E-state index in [1.165, 1.54) is 0 Å². The Balaban J connectivity index is 1.65. The van der Waals surface area contributed by atoms with Gasteiger partial charge in [0.1, 0.15) is 12.4 Å². The molecule has 0 unspecified atom stereocenters. The van der Waals surface area contributed by atoms with Crippen LogP contribution in [0.5, 0.6) is 5.75 Å². The lowest BCUT2D eigenvalue weighted by Crippen LogP contribution is -2.49. The predicted octanol–water partition coefficient (Wildman–Crippen LogP) is 3.81. The first-order chi connectivity index (χ1) is 13.1. The number of ether oxygens (including phenoxy) is 1. The highest BCUT2D eigenvalue weighted by Gasteiger charge is 2.32. The largest absolute Gasteiger partial charge is 0.487 e. The number of aromatic nitrogens is 1. The van der Waals surface area contributed by atoms with Crippen LogP contribution in [0.4, 0.5) is 13.2 Å². The highest BCUT2D eigenvalue weighted by molar-refractivity contribution is 5.71. The number of alkyl halides is 3. The number of halogens is 3. The zero-order valence-electron chi connectivity index (χ0n) is 15.6. The van der Waals surface area contributed by atoms with Crippen molar-refractivity contribution < 1.29 is 27.8 Å². The summed E-state index contributed by atoms with van der Waals surface area (Å²) in [7, 11) is 0. The van der Waals surface area contributed by atoms with Gasteiger partial charge in [-0.3, -0.25) is 14.7 Å². The highest BCUT2D eigenvalue weighted by Crippen LogP contribution is 2.30. The maximum Gasteiger partial charge on any atom is 0.416 e. The van der Waals surface area contributed by atoms with Crippen molar-refractivity contribution in [3.05, 3.63) is 58.4 Å². The number of likely N-dealkylation sites (tertiary alicyclic amines) is 1. The fourth-order valence-corrected chi connectivity index (χ4v) is 3.35. The summed E-state index contributed by atoms with van der Waals surface area (Å²) in [4.78, 5) is 16.9. The van der Waals surface area contributed by atoms with Crippen LogP contribution in [0, 0.1) is 19.8 Å². The van der Waals surface area contributed by atoms with Gasteiger partial charge in [0.25, 0.3) is 0 Å². The molecular weight excluding hydrogens is 373 g/mol. The van der Waals surface area contributed by atoms with Crippen LogP contribution in [0.15, 0.2) is 30.5 Å². The van der Waals surface area contributed by atoms with Crippen molar-refractivity contribution in [2.24, 2.45) is 5.92 Å². The van der Waals surface area contributed by atoms with E-state index in [1.54, 1.807) is 0 Å². The third-order valence-corrected chi connectivity index (χ3v) is 4.74. The van der Waals surface area contributed by atoms with Crippen LogP contribution in [0.25, 0.3) is 0 Å². The Hall–Kier alpha value is -2.61. The fraction of sp³-hybridized carbons (Fsp3) is 0.400. The van der Waals surface area contributed by atoms with Crippen LogP contribution in [-0.4, -0.2) is 34.0 Å². The van der Waals surface area contributed by atoms with E-state index in [1.807, 2.05) is 26.0 Å². The molecule has 0 saturated carbocycles. The van der Waals surface area contributed by atoms with Crippen molar-refractivity contribution in [2.75, 3.05) is 13.1 Å². The molecule has 1 aliphatic heterocycles. The maximum atomic E-state index is 12.8. The minimum Gasteiger partial charge on any atom is -0.487 e. The lowest BCUT2D eigenvalue weighted by molar-refractivity contribution is -0.147. The molecule has 0 radical (unpaired) electrons. The molecule has 0 aliphatic carbocycles. The van der Waals surface area contributed by atoms with E-state index in [0.29, 0.717) is 25.4 Å². The van der Waals surface area contributed by atoms with Gasteiger partial charge in [-0.15, -0.1) is 0 Å². The molecule has 0 atom stereocenters. The monoisotopic (exact) mass is 394 g/mol. The predicted molar refractivity (Wildman–Crippen MR) is 95.9 cm³/mol. The summed E-state index contributed by atoms with van der Waals surface area (Å²) < 4.78 is 44.2. The topological polar surface area (TPSA) is 62.7 Å². The quantitative estimate of drug-likeness (QED) is 0.807. The summed E-state index contributed by atoms with van der Waals surface area (Å²) in [5, 5.41) is 8.95. The maximum absolute atomic E-state index is 12.8. The zero-order valence-corrected chi connectivity index (χ0v) is 15.6. The summed E-state index contributed by atoms with van der Waals surface area (Å²) in [6.07, 6.45) is -3.29. The number of aryl methyl sites for hydroxylation is 2. The summed E-state index contributed by atoms with van der Waals surface area (Å²) in [5.74, 6) is -0.449. The molecular formula is C20H21F3N2O3. The second-order valence-corrected chi connectivity index (χ2v) is 7.11. The third-order valence-electron chi connectivity index (χ3n) is 4.74. The second-order valence-electron chi connectivity index (χ2n) is 7.11. The summed E-state index contributed by atoms with van der Waals surface area (Å²) in [5.41, 5.74) is 2.25. The van der Waals surface area contributed by atoms with Crippen molar-refractivity contribution >= 4 is 5.97 Å². The molecule has 150 valence electrons. The van der Waals surface area contributed by atoms with Crippen molar-refractivity contribution in [1.29, 1.82) is 0 Å². The Bertz CT molecular complexity index is 854. The standard InChI is InChI=1S/C20H21F3N2O3/c1-12-5-14(8-25-9-15(10-25)19(26)27)6-13(2)18(12)28-11-17-7-16(3-4-24-17)20(21,22)23/h3-7,15H,8-11H2,1-2H3,(H,26,27). The van der Waals surface area contributed by atoms with Gasteiger partial charge in [0.15, 0.2) is 0 Å². The third kappa shape index (κ3) is 4.62. The van der Waals surface area contributed by atoms with Crippen molar-refractivity contribution in [1.82, 2.24) is 9.88 Å². The van der Waals surface area contributed by atoms with Gasteiger partial charge in [0.2, 0.25) is 0 Å². The van der Waals surface area contributed by atoms with Crippen molar-refractivity contribution in [3.63, 3.8) is 0 Å². The minimum absolute atomic E-state index is 0.0582. The molecule has 2 aromatic rings. The van der Waals surface area contributed by atoms with Crippen LogP contribution in [0.3, 0.4) is 0 Å². The summed E-state index contributed by atoms with van der Waals surface area (Å²) in [6, 6.07) is 5.83. The number of pyridine rings is 1. The number of aliphatic carboxylic acids is 1. The van der Waals surface area contributed by atoms with E-state index >= 15 is 0 Å². The number of hydrogen-bond donors (Lipinski definition) is 1. The Morgan fingerprint density at radius 3 is 2.46 bits per heavy atom. The van der Waals surface area contributed by atoms with Crippen LogP contribution in [0.2, 0.25) is 0 Å². The fourth-order valence-electron chi connectivity index (χ4n) is 3.35. The highest BCUT2D eigenvalue weighted by atomic mass is 19.4. The zero-order chi connectivity index (χ0) is 20.5. The number of nitrogens with zero attached hydrogens (tertiary/aromatic N) is 2. The van der Waals surface area contributed by atoms with Gasteiger partial charge in [-0.1, -0.05) is 12.1 Å². The van der Waals surface area contributed by atoms with Gasteiger partial charge in [0.05, 0.1) is 17.2 Å². The summed E-state index contributed by atoms with van der Waals surface area (Å²) in [6.45, 7) is 5.42. The minimum atomic E-state index is -4.42. The van der Waals surface area contributed by atoms with E-state index in [4.69, 9.17) is 9.84 Å². The second kappa shape index (κ2) is 7.79. The van der Waals surface area contributed by atoms with E-state index in [-0.39, 0.29) is 18.2 Å². The van der Waals surface area contributed by atoms with Gasteiger partial charge < -0.3 is 9.84 Å².